The van der Waals surface area contributed by atoms with Gasteiger partial charge in [0.25, 0.3) is 0 Å². The Bertz CT molecular complexity index is 433. The maximum absolute atomic E-state index is 13.0. The Morgan fingerprint density at radius 3 is 2.47 bits per heavy atom. The molecule has 94 valence electrons. The summed E-state index contributed by atoms with van der Waals surface area (Å²) < 4.78 is 49.7. The first kappa shape index (κ1) is 14.5. The van der Waals surface area contributed by atoms with Crippen molar-refractivity contribution < 1.29 is 22.4 Å². The van der Waals surface area contributed by atoms with Crippen LogP contribution in [-0.2, 0) is 4.79 Å². The molecular weight excluding hydrogens is 324 g/mol. The third-order valence-corrected chi connectivity index (χ3v) is 3.79. The number of thioether (sulfide) groups is 1. The summed E-state index contributed by atoms with van der Waals surface area (Å²) in [6, 6.07) is 2.87. The third-order valence-electron chi connectivity index (χ3n) is 1.83. The van der Waals surface area contributed by atoms with Gasteiger partial charge in [-0.1, -0.05) is 15.9 Å². The number of halogens is 5. The lowest BCUT2D eigenvalue weighted by Gasteiger charge is -2.13. The number of rotatable bonds is 3. The predicted octanol–water partition coefficient (Wildman–Crippen LogP) is 4.46. The molecule has 17 heavy (non-hydrogen) atoms. The standard InChI is InChI=1S/C10H7BrF4OS/c1-5(16)9(11)7-4-6(12)2-3-8(7)17-10(13,14)15/h2-4,9H,1H3. The summed E-state index contributed by atoms with van der Waals surface area (Å²) in [5, 5.41) is 0. The van der Waals surface area contributed by atoms with Gasteiger partial charge in [0.1, 0.15) is 11.6 Å². The predicted molar refractivity (Wildman–Crippen MR) is 60.7 cm³/mol. The molecular formula is C10H7BrF4OS. The Hall–Kier alpha value is -0.560. The minimum absolute atomic E-state index is 0.0141. The minimum Gasteiger partial charge on any atom is -0.298 e. The third kappa shape index (κ3) is 4.31. The fourth-order valence-electron chi connectivity index (χ4n) is 1.15. The van der Waals surface area contributed by atoms with Gasteiger partial charge in [0, 0.05) is 4.90 Å². The summed E-state index contributed by atoms with van der Waals surface area (Å²) in [7, 11) is 0. The van der Waals surface area contributed by atoms with Crippen molar-refractivity contribution >= 4 is 33.5 Å². The normalized spacial score (nSPS) is 13.5. The Kier molecular flexibility index (Phi) is 4.60. The summed E-state index contributed by atoms with van der Waals surface area (Å²) in [4.78, 5) is 9.99. The van der Waals surface area contributed by atoms with E-state index in [-0.39, 0.29) is 28.0 Å². The molecule has 0 aliphatic carbocycles. The molecule has 0 saturated heterocycles. The Morgan fingerprint density at radius 1 is 1.41 bits per heavy atom. The minimum atomic E-state index is -4.48. The zero-order chi connectivity index (χ0) is 13.2. The molecule has 1 unspecified atom stereocenters. The Morgan fingerprint density at radius 2 is 2.00 bits per heavy atom. The number of benzene rings is 1. The highest BCUT2D eigenvalue weighted by Crippen LogP contribution is 2.42. The molecule has 0 aliphatic heterocycles. The van der Waals surface area contributed by atoms with Crippen molar-refractivity contribution in [1.29, 1.82) is 0 Å². The van der Waals surface area contributed by atoms with E-state index < -0.39 is 16.2 Å². The molecule has 0 saturated carbocycles. The van der Waals surface area contributed by atoms with Crippen LogP contribution in [-0.4, -0.2) is 11.3 Å². The number of hydrogen-bond donors (Lipinski definition) is 0. The summed E-state index contributed by atoms with van der Waals surface area (Å²) in [6.45, 7) is 1.21. The van der Waals surface area contributed by atoms with Crippen LogP contribution in [0.3, 0.4) is 0 Å². The SMILES string of the molecule is CC(=O)C(Br)c1cc(F)ccc1SC(F)(F)F. The molecule has 0 radical (unpaired) electrons. The van der Waals surface area contributed by atoms with Crippen molar-refractivity contribution in [3.05, 3.63) is 29.6 Å². The van der Waals surface area contributed by atoms with Crippen LogP contribution in [0.5, 0.6) is 0 Å². The topological polar surface area (TPSA) is 17.1 Å². The molecule has 1 nitrogen and oxygen atoms in total. The smallest absolute Gasteiger partial charge is 0.298 e. The van der Waals surface area contributed by atoms with E-state index in [1.54, 1.807) is 0 Å². The van der Waals surface area contributed by atoms with Gasteiger partial charge in [-0.3, -0.25) is 4.79 Å². The number of Topliss-reactive ketones (excluding diaryl/α,β-unsaturated/α-hetero) is 1. The Balaban J connectivity index is 3.17. The van der Waals surface area contributed by atoms with Crippen molar-refractivity contribution in [2.24, 2.45) is 0 Å². The molecule has 1 aromatic rings. The van der Waals surface area contributed by atoms with Crippen molar-refractivity contribution in [3.63, 3.8) is 0 Å². The lowest BCUT2D eigenvalue weighted by atomic mass is 10.1. The van der Waals surface area contributed by atoms with E-state index in [1.165, 1.54) is 6.92 Å². The second-order valence-electron chi connectivity index (χ2n) is 3.20. The average Bonchev–Trinajstić information content (AvgIpc) is 2.17. The lowest BCUT2D eigenvalue weighted by Crippen LogP contribution is -2.06. The number of carbonyl (C=O) groups excluding carboxylic acids is 1. The molecule has 0 amide bonds. The number of ketones is 1. The van der Waals surface area contributed by atoms with Crippen LogP contribution in [0.15, 0.2) is 23.1 Å². The van der Waals surface area contributed by atoms with Gasteiger partial charge in [0.05, 0.1) is 4.83 Å². The fraction of sp³-hybridized carbons (Fsp3) is 0.300. The summed E-state index contributed by atoms with van der Waals surface area (Å²) in [5.41, 5.74) is -4.49. The van der Waals surface area contributed by atoms with Gasteiger partial charge in [-0.05, 0) is 42.4 Å². The molecule has 0 aliphatic rings. The average molecular weight is 331 g/mol. The van der Waals surface area contributed by atoms with E-state index in [9.17, 15) is 22.4 Å². The van der Waals surface area contributed by atoms with E-state index in [0.29, 0.717) is 0 Å². The van der Waals surface area contributed by atoms with Crippen LogP contribution in [0.4, 0.5) is 17.6 Å². The molecule has 1 rings (SSSR count). The van der Waals surface area contributed by atoms with Crippen molar-refractivity contribution in [1.82, 2.24) is 0 Å². The van der Waals surface area contributed by atoms with Crippen LogP contribution in [0.2, 0.25) is 0 Å². The van der Waals surface area contributed by atoms with Crippen molar-refractivity contribution in [2.45, 2.75) is 22.2 Å². The summed E-state index contributed by atoms with van der Waals surface area (Å²) >= 11 is 2.58. The van der Waals surface area contributed by atoms with Crippen molar-refractivity contribution in [2.75, 3.05) is 0 Å². The second-order valence-corrected chi connectivity index (χ2v) is 5.23. The molecule has 0 fully saturated rings. The Labute approximate surface area is 108 Å². The highest BCUT2D eigenvalue weighted by atomic mass is 79.9. The maximum atomic E-state index is 13.0. The molecule has 0 spiro atoms. The van der Waals surface area contributed by atoms with Crippen LogP contribution >= 0.6 is 27.7 Å². The second kappa shape index (κ2) is 5.39. The van der Waals surface area contributed by atoms with Gasteiger partial charge in [-0.15, -0.1) is 0 Å². The van der Waals surface area contributed by atoms with E-state index in [4.69, 9.17) is 0 Å². The first-order valence-electron chi connectivity index (χ1n) is 4.40. The maximum Gasteiger partial charge on any atom is 0.446 e. The highest BCUT2D eigenvalue weighted by Gasteiger charge is 2.32. The molecule has 0 N–H and O–H groups in total. The first-order valence-corrected chi connectivity index (χ1v) is 6.13. The van der Waals surface area contributed by atoms with E-state index in [0.717, 1.165) is 18.2 Å². The van der Waals surface area contributed by atoms with Crippen LogP contribution in [0.25, 0.3) is 0 Å². The molecule has 0 heterocycles. The zero-order valence-electron chi connectivity index (χ0n) is 8.52. The molecule has 0 aromatic heterocycles. The van der Waals surface area contributed by atoms with Gasteiger partial charge < -0.3 is 0 Å². The van der Waals surface area contributed by atoms with E-state index >= 15 is 0 Å². The zero-order valence-corrected chi connectivity index (χ0v) is 10.9. The van der Waals surface area contributed by atoms with Gasteiger partial charge in [0.2, 0.25) is 0 Å². The first-order chi connectivity index (χ1) is 7.70. The summed E-state index contributed by atoms with van der Waals surface area (Å²) in [5.74, 6) is -1.07. The fourth-order valence-corrected chi connectivity index (χ4v) is 2.36. The number of carbonyl (C=O) groups is 1. The molecule has 7 heteroatoms. The van der Waals surface area contributed by atoms with Gasteiger partial charge >= 0.3 is 5.51 Å². The molecule has 1 atom stereocenters. The van der Waals surface area contributed by atoms with Gasteiger partial charge in [0.15, 0.2) is 0 Å². The van der Waals surface area contributed by atoms with E-state index in [1.807, 2.05) is 0 Å². The van der Waals surface area contributed by atoms with E-state index in [2.05, 4.69) is 15.9 Å². The monoisotopic (exact) mass is 330 g/mol. The highest BCUT2D eigenvalue weighted by molar-refractivity contribution is 9.09. The summed E-state index contributed by atoms with van der Waals surface area (Å²) in [6.07, 6.45) is 0. The van der Waals surface area contributed by atoms with Crippen LogP contribution in [0.1, 0.15) is 17.3 Å². The van der Waals surface area contributed by atoms with Crippen LogP contribution in [0, 0.1) is 5.82 Å². The molecule has 0 bridgehead atoms. The largest absolute Gasteiger partial charge is 0.446 e. The molecule has 1 aromatic carbocycles. The van der Waals surface area contributed by atoms with Gasteiger partial charge in [-0.2, -0.15) is 13.2 Å². The van der Waals surface area contributed by atoms with Gasteiger partial charge in [-0.25, -0.2) is 4.39 Å². The van der Waals surface area contributed by atoms with Crippen LogP contribution < -0.4 is 0 Å². The quantitative estimate of drug-likeness (QED) is 0.462. The number of hydrogen-bond acceptors (Lipinski definition) is 2. The number of alkyl halides is 4. The lowest BCUT2D eigenvalue weighted by molar-refractivity contribution is -0.116. The van der Waals surface area contributed by atoms with Crippen molar-refractivity contribution in [3.8, 4) is 0 Å².